The van der Waals surface area contributed by atoms with Gasteiger partial charge in [-0.2, -0.15) is 0 Å². The van der Waals surface area contributed by atoms with Gasteiger partial charge in [-0.05, 0) is 67.2 Å². The van der Waals surface area contributed by atoms with Crippen molar-refractivity contribution in [2.45, 2.75) is 63.5 Å². The molecule has 2 saturated carbocycles. The second kappa shape index (κ2) is 13.1. The zero-order valence-electron chi connectivity index (χ0n) is 23.9. The highest BCUT2D eigenvalue weighted by molar-refractivity contribution is 7.99. The lowest BCUT2D eigenvalue weighted by Gasteiger charge is -2.30. The van der Waals surface area contributed by atoms with Gasteiger partial charge in [-0.15, -0.1) is 10.2 Å². The van der Waals surface area contributed by atoms with Crippen molar-refractivity contribution in [1.29, 1.82) is 0 Å². The summed E-state index contributed by atoms with van der Waals surface area (Å²) in [5, 5.41) is 9.74. The third-order valence-electron chi connectivity index (χ3n) is 8.86. The van der Waals surface area contributed by atoms with E-state index >= 15 is 0 Å². The molecule has 0 N–H and O–H groups in total. The summed E-state index contributed by atoms with van der Waals surface area (Å²) < 4.78 is 22.3. The molecule has 2 aliphatic rings. The van der Waals surface area contributed by atoms with Crippen LogP contribution in [0.5, 0.6) is 5.75 Å². The summed E-state index contributed by atoms with van der Waals surface area (Å²) >= 11 is 1.43. The Morgan fingerprint density at radius 3 is 2.24 bits per heavy atom. The molecule has 0 spiro atoms. The summed E-state index contributed by atoms with van der Waals surface area (Å²) in [5.74, 6) is 2.79. The average molecular weight is 585 g/mol. The molecule has 2 fully saturated rings. The highest BCUT2D eigenvalue weighted by Gasteiger charge is 2.43. The summed E-state index contributed by atoms with van der Waals surface area (Å²) in [6, 6.07) is 26.7. The lowest BCUT2D eigenvalue weighted by Crippen LogP contribution is -2.31. The normalized spacial score (nSPS) is 20.0. The number of aromatic nitrogens is 3. The zero-order chi connectivity index (χ0) is 28.9. The number of nitrogens with zero attached hydrogens (tertiary/aromatic N) is 4. The van der Waals surface area contributed by atoms with Crippen molar-refractivity contribution in [3.63, 3.8) is 0 Å². The number of amides is 1. The molecule has 2 bridgehead atoms. The summed E-state index contributed by atoms with van der Waals surface area (Å²) in [7, 11) is 0. The number of fused-ring (bicyclic) bond motifs is 2. The molecular weight excluding hydrogens is 547 g/mol. The Kier molecular flexibility index (Phi) is 8.89. The maximum absolute atomic E-state index is 14.3. The highest BCUT2D eigenvalue weighted by atomic mass is 32.2. The molecule has 6 nitrogen and oxygen atoms in total. The minimum atomic E-state index is -0.401. The van der Waals surface area contributed by atoms with Gasteiger partial charge < -0.3 is 9.64 Å². The molecule has 4 atom stereocenters. The SMILES string of the molecule is CC(C1CC2CCC1C2)n1c(COc2ccccc2F)nnc1SCC(=O)N(Cc1ccccc1)Cc1ccccc1. The molecule has 6 rings (SSSR count). The topological polar surface area (TPSA) is 60.2 Å². The lowest BCUT2D eigenvalue weighted by molar-refractivity contribution is -0.129. The van der Waals surface area contributed by atoms with Crippen LogP contribution in [0.15, 0.2) is 90.1 Å². The molecule has 42 heavy (non-hydrogen) atoms. The van der Waals surface area contributed by atoms with Crippen LogP contribution >= 0.6 is 11.8 Å². The van der Waals surface area contributed by atoms with Crippen LogP contribution < -0.4 is 4.74 Å². The number of carbonyl (C=O) groups is 1. The largest absolute Gasteiger partial charge is 0.483 e. The van der Waals surface area contributed by atoms with E-state index in [1.807, 2.05) is 65.6 Å². The van der Waals surface area contributed by atoms with Crippen LogP contribution in [0.4, 0.5) is 4.39 Å². The quantitative estimate of drug-likeness (QED) is 0.163. The number of hydrogen-bond acceptors (Lipinski definition) is 5. The summed E-state index contributed by atoms with van der Waals surface area (Å²) in [4.78, 5) is 15.6. The molecular formula is C34H37FN4O2S. The fraction of sp³-hybridized carbons (Fsp3) is 0.382. The predicted octanol–water partition coefficient (Wildman–Crippen LogP) is 7.31. The molecule has 0 radical (unpaired) electrons. The van der Waals surface area contributed by atoms with Gasteiger partial charge in [-0.3, -0.25) is 9.36 Å². The average Bonchev–Trinajstić information content (AvgIpc) is 3.76. The van der Waals surface area contributed by atoms with Gasteiger partial charge >= 0.3 is 0 Å². The van der Waals surface area contributed by atoms with E-state index in [1.165, 1.54) is 43.5 Å². The first-order valence-corrected chi connectivity index (χ1v) is 15.8. The van der Waals surface area contributed by atoms with Gasteiger partial charge in [0, 0.05) is 19.1 Å². The molecule has 0 aliphatic heterocycles. The van der Waals surface area contributed by atoms with Crippen molar-refractivity contribution in [1.82, 2.24) is 19.7 Å². The number of rotatable bonds is 12. The van der Waals surface area contributed by atoms with E-state index in [-0.39, 0.29) is 30.1 Å². The van der Waals surface area contributed by atoms with Gasteiger partial charge in [0.05, 0.1) is 5.75 Å². The van der Waals surface area contributed by atoms with E-state index in [0.717, 1.165) is 17.0 Å². The second-order valence-electron chi connectivity index (χ2n) is 11.6. The monoisotopic (exact) mass is 584 g/mol. The van der Waals surface area contributed by atoms with Crippen molar-refractivity contribution in [2.24, 2.45) is 17.8 Å². The van der Waals surface area contributed by atoms with Crippen molar-refractivity contribution >= 4 is 17.7 Å². The van der Waals surface area contributed by atoms with Crippen LogP contribution in [-0.2, 0) is 24.5 Å². The van der Waals surface area contributed by atoms with Crippen molar-refractivity contribution in [3.8, 4) is 5.75 Å². The minimum absolute atomic E-state index is 0.0407. The molecule has 1 amide bonds. The fourth-order valence-corrected chi connectivity index (χ4v) is 7.70. The molecule has 8 heteroatoms. The highest BCUT2D eigenvalue weighted by Crippen LogP contribution is 2.52. The molecule has 3 aromatic carbocycles. The van der Waals surface area contributed by atoms with E-state index in [2.05, 4.69) is 21.7 Å². The number of benzene rings is 3. The van der Waals surface area contributed by atoms with Crippen LogP contribution in [0.2, 0.25) is 0 Å². The molecule has 1 heterocycles. The predicted molar refractivity (Wildman–Crippen MR) is 162 cm³/mol. The third kappa shape index (κ3) is 6.54. The number of carbonyl (C=O) groups excluding carboxylic acids is 1. The maximum Gasteiger partial charge on any atom is 0.233 e. The number of para-hydroxylation sites is 1. The van der Waals surface area contributed by atoms with Gasteiger partial charge in [0.1, 0.15) is 6.61 Å². The number of hydrogen-bond donors (Lipinski definition) is 0. The van der Waals surface area contributed by atoms with Crippen molar-refractivity contribution in [3.05, 3.63) is 108 Å². The van der Waals surface area contributed by atoms with E-state index in [1.54, 1.807) is 18.2 Å². The van der Waals surface area contributed by atoms with Crippen LogP contribution in [0.25, 0.3) is 0 Å². The van der Waals surface area contributed by atoms with Crippen LogP contribution in [0, 0.1) is 23.6 Å². The Morgan fingerprint density at radius 2 is 1.62 bits per heavy atom. The van der Waals surface area contributed by atoms with Gasteiger partial charge in [0.15, 0.2) is 22.5 Å². The molecule has 218 valence electrons. The molecule has 2 aliphatic carbocycles. The van der Waals surface area contributed by atoms with E-state index < -0.39 is 5.82 Å². The third-order valence-corrected chi connectivity index (χ3v) is 9.79. The summed E-state index contributed by atoms with van der Waals surface area (Å²) in [6.45, 7) is 3.42. The lowest BCUT2D eigenvalue weighted by atomic mass is 9.84. The Morgan fingerprint density at radius 1 is 0.952 bits per heavy atom. The molecule has 4 aromatic rings. The first-order valence-electron chi connectivity index (χ1n) is 14.8. The zero-order valence-corrected chi connectivity index (χ0v) is 24.8. The Hall–Kier alpha value is -3.65. The minimum Gasteiger partial charge on any atom is -0.483 e. The Labute approximate surface area is 251 Å². The maximum atomic E-state index is 14.3. The summed E-state index contributed by atoms with van der Waals surface area (Å²) in [5.41, 5.74) is 2.18. The van der Waals surface area contributed by atoms with Crippen LogP contribution in [-0.4, -0.2) is 31.3 Å². The first kappa shape index (κ1) is 28.5. The van der Waals surface area contributed by atoms with Gasteiger partial charge in [0.2, 0.25) is 5.91 Å². The van der Waals surface area contributed by atoms with E-state index in [4.69, 9.17) is 4.74 Å². The number of halogens is 1. The summed E-state index contributed by atoms with van der Waals surface area (Å²) in [6.07, 6.45) is 5.11. The number of ether oxygens (including phenoxy) is 1. The standard InChI is InChI=1S/C34H37FN4O2S/c1-24(29-19-27-16-17-28(29)18-27)39-32(22-41-31-15-9-8-14-30(31)35)36-37-34(39)42-23-33(40)38(20-25-10-4-2-5-11-25)21-26-12-6-3-7-13-26/h2-15,24,27-29H,16-23H2,1H3. The molecule has 4 unspecified atom stereocenters. The first-order chi connectivity index (χ1) is 20.5. The second-order valence-corrected chi connectivity index (χ2v) is 12.5. The Bertz CT molecular complexity index is 1440. The van der Waals surface area contributed by atoms with Crippen molar-refractivity contribution < 1.29 is 13.9 Å². The smallest absolute Gasteiger partial charge is 0.233 e. The van der Waals surface area contributed by atoms with Crippen molar-refractivity contribution in [2.75, 3.05) is 5.75 Å². The fourth-order valence-electron chi connectivity index (χ4n) is 6.75. The van der Waals surface area contributed by atoms with Gasteiger partial charge in [-0.25, -0.2) is 4.39 Å². The van der Waals surface area contributed by atoms with Gasteiger partial charge in [0.25, 0.3) is 0 Å². The number of thioether (sulfide) groups is 1. The molecule has 1 aromatic heterocycles. The van der Waals surface area contributed by atoms with Gasteiger partial charge in [-0.1, -0.05) is 91.0 Å². The van der Waals surface area contributed by atoms with E-state index in [0.29, 0.717) is 35.9 Å². The Balaban J connectivity index is 1.21. The van der Waals surface area contributed by atoms with E-state index in [9.17, 15) is 9.18 Å². The van der Waals surface area contributed by atoms with Crippen LogP contribution in [0.1, 0.15) is 55.6 Å². The molecule has 0 saturated heterocycles. The van der Waals surface area contributed by atoms with Crippen LogP contribution in [0.3, 0.4) is 0 Å².